The van der Waals surface area contributed by atoms with Crippen molar-refractivity contribution in [2.75, 3.05) is 0 Å². The Bertz CT molecular complexity index is 255. The Labute approximate surface area is 181 Å². The van der Waals surface area contributed by atoms with Crippen molar-refractivity contribution in [3.8, 4) is 0 Å². The standard InChI is InChI=1S/C28H56/c1-4-5-6-7-8-9-10-11-12-13-14-15-16-17-18-19-20-21-22-23-24-25-26-27-28(2)3/h28H,1-2,4-27H2,3H3. The van der Waals surface area contributed by atoms with Crippen molar-refractivity contribution in [3.63, 3.8) is 0 Å². The van der Waals surface area contributed by atoms with Crippen molar-refractivity contribution in [1.29, 1.82) is 0 Å². The summed E-state index contributed by atoms with van der Waals surface area (Å²) < 4.78 is 0. The van der Waals surface area contributed by atoms with Gasteiger partial charge in [0.05, 0.1) is 0 Å². The summed E-state index contributed by atoms with van der Waals surface area (Å²) in [5.41, 5.74) is 0. The molecule has 0 N–H and O–H groups in total. The van der Waals surface area contributed by atoms with Crippen LogP contribution in [0.25, 0.3) is 0 Å². The highest BCUT2D eigenvalue weighted by atomic mass is 14.0. The normalized spacial score (nSPS) is 11.6. The van der Waals surface area contributed by atoms with Crippen molar-refractivity contribution in [2.45, 2.75) is 161 Å². The fourth-order valence-corrected chi connectivity index (χ4v) is 4.21. The predicted octanol–water partition coefficient (Wildman–Crippen LogP) is 10.7. The summed E-state index contributed by atoms with van der Waals surface area (Å²) in [4.78, 5) is 0. The van der Waals surface area contributed by atoms with Crippen molar-refractivity contribution >= 4 is 0 Å². The summed E-state index contributed by atoms with van der Waals surface area (Å²) >= 11 is 0. The summed E-state index contributed by atoms with van der Waals surface area (Å²) in [6.07, 6.45) is 34.5. The molecule has 0 fully saturated rings. The molecule has 0 aromatic carbocycles. The minimum absolute atomic E-state index is 0.647. The highest BCUT2D eigenvalue weighted by Crippen LogP contribution is 2.16. The molecule has 0 aliphatic rings. The van der Waals surface area contributed by atoms with Crippen molar-refractivity contribution in [1.82, 2.24) is 0 Å². The van der Waals surface area contributed by atoms with Gasteiger partial charge < -0.3 is 0 Å². The molecule has 0 aromatic rings. The van der Waals surface area contributed by atoms with Crippen LogP contribution >= 0.6 is 0 Å². The molecule has 0 saturated heterocycles. The van der Waals surface area contributed by atoms with E-state index in [1.807, 2.05) is 0 Å². The molecular formula is C28H56. The Kier molecular flexibility index (Phi) is 25.0. The molecule has 1 atom stereocenters. The predicted molar refractivity (Wildman–Crippen MR) is 131 cm³/mol. The lowest BCUT2D eigenvalue weighted by Crippen LogP contribution is -1.87. The first-order valence-corrected chi connectivity index (χ1v) is 13.4. The zero-order valence-electron chi connectivity index (χ0n) is 20.0. The average Bonchev–Trinajstić information content (AvgIpc) is 2.68. The van der Waals surface area contributed by atoms with E-state index >= 15 is 0 Å². The zero-order valence-corrected chi connectivity index (χ0v) is 20.0. The van der Waals surface area contributed by atoms with Gasteiger partial charge in [0, 0.05) is 0 Å². The Morgan fingerprint density at radius 1 is 0.393 bits per heavy atom. The molecular weight excluding hydrogens is 336 g/mol. The molecule has 1 unspecified atom stereocenters. The van der Waals surface area contributed by atoms with Crippen LogP contribution in [0.5, 0.6) is 0 Å². The van der Waals surface area contributed by atoms with Crippen LogP contribution < -0.4 is 0 Å². The topological polar surface area (TPSA) is 0 Å². The van der Waals surface area contributed by atoms with Crippen LogP contribution in [-0.4, -0.2) is 0 Å². The van der Waals surface area contributed by atoms with Crippen LogP contribution in [0.15, 0.2) is 0 Å². The van der Waals surface area contributed by atoms with Gasteiger partial charge in [-0.2, -0.15) is 0 Å². The van der Waals surface area contributed by atoms with E-state index in [9.17, 15) is 0 Å². The van der Waals surface area contributed by atoms with Crippen LogP contribution in [0.2, 0.25) is 0 Å². The van der Waals surface area contributed by atoms with E-state index in [0.717, 1.165) is 6.42 Å². The van der Waals surface area contributed by atoms with Gasteiger partial charge >= 0.3 is 0 Å². The van der Waals surface area contributed by atoms with Crippen LogP contribution in [0.4, 0.5) is 0 Å². The molecule has 0 heterocycles. The summed E-state index contributed by atoms with van der Waals surface area (Å²) in [6.45, 7) is 10.2. The van der Waals surface area contributed by atoms with Crippen LogP contribution in [0, 0.1) is 19.8 Å². The number of rotatable bonds is 24. The van der Waals surface area contributed by atoms with E-state index in [4.69, 9.17) is 0 Å². The minimum atomic E-state index is 0.647. The summed E-state index contributed by atoms with van der Waals surface area (Å²) in [5, 5.41) is 0. The maximum absolute atomic E-state index is 4.06. The van der Waals surface area contributed by atoms with Gasteiger partial charge in [-0.15, -0.1) is 0 Å². The molecule has 0 saturated carbocycles. The molecule has 0 rings (SSSR count). The maximum Gasteiger partial charge on any atom is -0.0443 e. The summed E-state index contributed by atoms with van der Waals surface area (Å²) in [7, 11) is 0. The van der Waals surface area contributed by atoms with Gasteiger partial charge in [0.25, 0.3) is 0 Å². The second-order valence-corrected chi connectivity index (χ2v) is 9.53. The molecule has 0 aliphatic heterocycles. The van der Waals surface area contributed by atoms with E-state index in [2.05, 4.69) is 20.8 Å². The second-order valence-electron chi connectivity index (χ2n) is 9.53. The van der Waals surface area contributed by atoms with Crippen molar-refractivity contribution in [3.05, 3.63) is 13.8 Å². The van der Waals surface area contributed by atoms with Gasteiger partial charge in [-0.05, 0) is 5.92 Å². The first-order chi connectivity index (χ1) is 13.8. The van der Waals surface area contributed by atoms with Gasteiger partial charge in [-0.1, -0.05) is 175 Å². The average molecular weight is 393 g/mol. The summed E-state index contributed by atoms with van der Waals surface area (Å²) in [6, 6.07) is 0. The van der Waals surface area contributed by atoms with Crippen molar-refractivity contribution < 1.29 is 0 Å². The van der Waals surface area contributed by atoms with E-state index in [-0.39, 0.29) is 0 Å². The van der Waals surface area contributed by atoms with Crippen molar-refractivity contribution in [2.24, 2.45) is 5.92 Å². The fraction of sp³-hybridized carbons (Fsp3) is 0.929. The Morgan fingerprint density at radius 2 is 0.607 bits per heavy atom. The Morgan fingerprint density at radius 3 is 0.821 bits per heavy atom. The Balaban J connectivity index is 2.98. The molecule has 2 radical (unpaired) electrons. The molecule has 0 nitrogen and oxygen atoms in total. The lowest BCUT2D eigenvalue weighted by atomic mass is 10.0. The van der Waals surface area contributed by atoms with E-state index in [0.29, 0.717) is 5.92 Å². The highest BCUT2D eigenvalue weighted by molar-refractivity contribution is 4.55. The largest absolute Gasteiger partial charge is 0.0625 e. The van der Waals surface area contributed by atoms with E-state index < -0.39 is 0 Å². The first kappa shape index (κ1) is 28.0. The number of hydrogen-bond acceptors (Lipinski definition) is 0. The molecule has 28 heavy (non-hydrogen) atoms. The third-order valence-corrected chi connectivity index (χ3v) is 6.20. The van der Waals surface area contributed by atoms with E-state index in [1.165, 1.54) is 148 Å². The Hall–Kier alpha value is 0. The van der Waals surface area contributed by atoms with Crippen LogP contribution in [-0.2, 0) is 0 Å². The molecule has 168 valence electrons. The number of unbranched alkanes of at least 4 members (excludes halogenated alkanes) is 22. The lowest BCUT2D eigenvalue weighted by molar-refractivity contribution is 0.511. The SMILES string of the molecule is [CH2]CCCCCCCCCCCCCCCCCCCCCCCCC([CH2])C. The van der Waals surface area contributed by atoms with Gasteiger partial charge in [-0.25, -0.2) is 0 Å². The lowest BCUT2D eigenvalue weighted by Gasteiger charge is -2.05. The second kappa shape index (κ2) is 25.0. The van der Waals surface area contributed by atoms with Gasteiger partial charge in [-0.3, -0.25) is 0 Å². The quantitative estimate of drug-likeness (QED) is 0.143. The van der Waals surface area contributed by atoms with Gasteiger partial charge in [0.1, 0.15) is 0 Å². The van der Waals surface area contributed by atoms with Gasteiger partial charge in [0.2, 0.25) is 0 Å². The number of hydrogen-bond donors (Lipinski definition) is 0. The highest BCUT2D eigenvalue weighted by Gasteiger charge is 1.97. The molecule has 0 amide bonds. The molecule has 0 bridgehead atoms. The van der Waals surface area contributed by atoms with Gasteiger partial charge in [0.15, 0.2) is 0 Å². The zero-order chi connectivity index (χ0) is 20.5. The third kappa shape index (κ3) is 26.0. The van der Waals surface area contributed by atoms with Crippen LogP contribution in [0.3, 0.4) is 0 Å². The monoisotopic (exact) mass is 392 g/mol. The molecule has 0 aromatic heterocycles. The maximum atomic E-state index is 4.06. The van der Waals surface area contributed by atoms with E-state index in [1.54, 1.807) is 0 Å². The summed E-state index contributed by atoms with van der Waals surface area (Å²) in [5.74, 6) is 0.647. The first-order valence-electron chi connectivity index (χ1n) is 13.4. The fourth-order valence-electron chi connectivity index (χ4n) is 4.21. The molecule has 0 aliphatic carbocycles. The third-order valence-electron chi connectivity index (χ3n) is 6.20. The molecule has 0 spiro atoms. The smallest absolute Gasteiger partial charge is 0.0443 e. The minimum Gasteiger partial charge on any atom is -0.0625 e. The van der Waals surface area contributed by atoms with Crippen LogP contribution in [0.1, 0.15) is 161 Å². The molecule has 0 heteroatoms.